The normalized spacial score (nSPS) is 12.9. The number of amides is 1. The second-order valence-electron chi connectivity index (χ2n) is 11.0. The Balaban J connectivity index is 1.46. The van der Waals surface area contributed by atoms with Gasteiger partial charge < -0.3 is 14.6 Å². The lowest BCUT2D eigenvalue weighted by Crippen LogP contribution is -2.47. The Morgan fingerprint density at radius 1 is 1.00 bits per heavy atom. The third-order valence-corrected chi connectivity index (χ3v) is 7.72. The number of carbonyl (C=O) groups is 2. The second-order valence-corrected chi connectivity index (χ2v) is 12.7. The van der Waals surface area contributed by atoms with Crippen LogP contribution in [0.4, 0.5) is 5.69 Å². The number of anilines is 1. The van der Waals surface area contributed by atoms with Crippen LogP contribution in [0.1, 0.15) is 52.2 Å². The minimum Gasteiger partial charge on any atom is -0.459 e. The van der Waals surface area contributed by atoms with E-state index in [9.17, 15) is 18.0 Å². The molecule has 2 N–H and O–H groups in total. The molecule has 2 aromatic heterocycles. The number of nitrogens with one attached hydrogen (secondary N) is 2. The van der Waals surface area contributed by atoms with Gasteiger partial charge in [0.05, 0.1) is 33.5 Å². The summed E-state index contributed by atoms with van der Waals surface area (Å²) in [6, 6.07) is 16.2. The molecule has 4 rings (SSSR count). The number of rotatable bonds is 9. The number of aryl methyl sites for hydroxylation is 1. The molecule has 1 amide bonds. The fourth-order valence-corrected chi connectivity index (χ4v) is 5.59. The number of carbonyl (C=O) groups excluding carboxylic acids is 2. The zero-order valence-electron chi connectivity index (χ0n) is 24.0. The summed E-state index contributed by atoms with van der Waals surface area (Å²) in [5, 5.41) is 2.84. The molecule has 0 aliphatic carbocycles. The summed E-state index contributed by atoms with van der Waals surface area (Å²) in [6.07, 6.45) is 1.53. The number of ether oxygens (including phenoxy) is 1. The number of hydrogen-bond donors (Lipinski definition) is 2. The predicted molar refractivity (Wildman–Crippen MR) is 158 cm³/mol. The van der Waals surface area contributed by atoms with Crippen molar-refractivity contribution in [3.05, 3.63) is 72.7 Å². The van der Waals surface area contributed by atoms with E-state index in [1.165, 1.54) is 18.3 Å². The summed E-state index contributed by atoms with van der Waals surface area (Å²) >= 11 is 0. The Hall–Kier alpha value is -4.09. The number of benzene rings is 2. The number of fused-ring (bicyclic) bond motifs is 1. The Morgan fingerprint density at radius 2 is 1.68 bits per heavy atom. The lowest BCUT2D eigenvalue weighted by molar-refractivity contribution is -0.158. The number of sulfonamides is 1. The summed E-state index contributed by atoms with van der Waals surface area (Å²) in [4.78, 5) is 34.5. The predicted octanol–water partition coefficient (Wildman–Crippen LogP) is 5.02. The molecular weight excluding hydrogens is 542 g/mol. The highest BCUT2D eigenvalue weighted by atomic mass is 32.2. The van der Waals surface area contributed by atoms with Crippen LogP contribution in [0.3, 0.4) is 0 Å². The first kappa shape index (κ1) is 29.9. The molecule has 11 heteroatoms. The van der Waals surface area contributed by atoms with Crippen LogP contribution >= 0.6 is 0 Å². The average Bonchev–Trinajstić information content (AvgIpc) is 3.30. The topological polar surface area (TPSA) is 132 Å². The van der Waals surface area contributed by atoms with E-state index in [1.54, 1.807) is 58.9 Å². The number of esters is 1. The van der Waals surface area contributed by atoms with E-state index in [1.807, 2.05) is 35.8 Å². The van der Waals surface area contributed by atoms with Crippen molar-refractivity contribution in [3.63, 3.8) is 0 Å². The van der Waals surface area contributed by atoms with Crippen LogP contribution in [0.15, 0.2) is 71.8 Å². The summed E-state index contributed by atoms with van der Waals surface area (Å²) in [5.74, 6) is -0.973. The van der Waals surface area contributed by atoms with Crippen LogP contribution in [-0.4, -0.2) is 46.5 Å². The van der Waals surface area contributed by atoms with Gasteiger partial charge in [-0.25, -0.2) is 13.4 Å². The van der Waals surface area contributed by atoms with Gasteiger partial charge in [0, 0.05) is 12.1 Å². The van der Waals surface area contributed by atoms with Crippen molar-refractivity contribution in [1.29, 1.82) is 0 Å². The molecule has 41 heavy (non-hydrogen) atoms. The maximum Gasteiger partial charge on any atom is 0.324 e. The minimum atomic E-state index is -3.99. The molecule has 0 fully saturated rings. The minimum absolute atomic E-state index is 0.0122. The van der Waals surface area contributed by atoms with E-state index in [4.69, 9.17) is 4.74 Å². The number of aromatic nitrogens is 3. The fraction of sp³-hybridized carbons (Fsp3) is 0.333. The van der Waals surface area contributed by atoms with Gasteiger partial charge in [-0.2, -0.15) is 4.72 Å². The van der Waals surface area contributed by atoms with Gasteiger partial charge in [0.15, 0.2) is 5.82 Å². The van der Waals surface area contributed by atoms with Crippen LogP contribution in [0.25, 0.3) is 22.3 Å². The Bertz CT molecular complexity index is 1650. The van der Waals surface area contributed by atoms with Gasteiger partial charge in [-0.05, 0) is 70.0 Å². The molecular formula is C30H35N5O5S. The maximum absolute atomic E-state index is 13.1. The van der Waals surface area contributed by atoms with Crippen molar-refractivity contribution >= 4 is 38.6 Å². The smallest absolute Gasteiger partial charge is 0.324 e. The molecule has 0 bridgehead atoms. The van der Waals surface area contributed by atoms with Gasteiger partial charge in [-0.15, -0.1) is 0 Å². The van der Waals surface area contributed by atoms with Gasteiger partial charge in [-0.3, -0.25) is 14.6 Å². The molecule has 1 atom stereocenters. The molecule has 0 saturated heterocycles. The molecule has 2 heterocycles. The van der Waals surface area contributed by atoms with E-state index >= 15 is 0 Å². The molecule has 216 valence electrons. The van der Waals surface area contributed by atoms with Crippen LogP contribution in [0, 0.1) is 5.92 Å². The molecule has 10 nitrogen and oxygen atoms in total. The third kappa shape index (κ3) is 6.98. The molecule has 1 unspecified atom stereocenters. The number of para-hydroxylation sites is 2. The van der Waals surface area contributed by atoms with Crippen LogP contribution in [0.2, 0.25) is 0 Å². The van der Waals surface area contributed by atoms with Crippen molar-refractivity contribution in [1.82, 2.24) is 19.3 Å². The lowest BCUT2D eigenvalue weighted by Gasteiger charge is -2.26. The van der Waals surface area contributed by atoms with Crippen molar-refractivity contribution in [2.24, 2.45) is 5.92 Å². The van der Waals surface area contributed by atoms with E-state index in [0.29, 0.717) is 29.3 Å². The molecule has 0 aliphatic rings. The van der Waals surface area contributed by atoms with Gasteiger partial charge in [-0.1, -0.05) is 38.1 Å². The van der Waals surface area contributed by atoms with Crippen LogP contribution in [0.5, 0.6) is 0 Å². The number of nitrogens with zero attached hydrogens (tertiary/aromatic N) is 3. The standard InChI is InChI=1S/C30H35N5O5S/c1-7-35-25-11-9-8-10-24(25)33-27(35)28(36)32-21-14-17-23(31-18-21)20-12-15-22(16-13-20)41(38,39)34-26(19(2)3)29(37)40-30(4,5)6/h8-19,26,34H,7H2,1-6H3,(H,32,36). The Morgan fingerprint density at radius 3 is 2.27 bits per heavy atom. The number of hydrogen-bond acceptors (Lipinski definition) is 7. The average molecular weight is 578 g/mol. The van der Waals surface area contributed by atoms with Gasteiger partial charge in [0.25, 0.3) is 5.91 Å². The Labute approximate surface area is 240 Å². The molecule has 4 aromatic rings. The van der Waals surface area contributed by atoms with Crippen molar-refractivity contribution in [2.45, 2.75) is 64.6 Å². The maximum atomic E-state index is 13.1. The SMILES string of the molecule is CCn1c(C(=O)Nc2ccc(-c3ccc(S(=O)(=O)NC(C(=O)OC(C)(C)C)C(C)C)cc3)nc2)nc2ccccc21. The first-order chi connectivity index (χ1) is 19.3. The van der Waals surface area contributed by atoms with Crippen molar-refractivity contribution < 1.29 is 22.7 Å². The lowest BCUT2D eigenvalue weighted by atomic mass is 10.1. The van der Waals surface area contributed by atoms with Crippen molar-refractivity contribution in [3.8, 4) is 11.3 Å². The molecule has 2 aromatic carbocycles. The monoisotopic (exact) mass is 577 g/mol. The zero-order chi connectivity index (χ0) is 29.9. The third-order valence-electron chi connectivity index (χ3n) is 6.27. The summed E-state index contributed by atoms with van der Waals surface area (Å²) in [6.45, 7) is 11.2. The van der Waals surface area contributed by atoms with Crippen LogP contribution < -0.4 is 10.0 Å². The molecule has 0 spiro atoms. The van der Waals surface area contributed by atoms with Gasteiger partial charge in [0.2, 0.25) is 10.0 Å². The number of imidazole rings is 1. The molecule has 0 aliphatic heterocycles. The summed E-state index contributed by atoms with van der Waals surface area (Å²) in [5.41, 5.74) is 2.67. The van der Waals surface area contributed by atoms with Gasteiger partial charge in [0.1, 0.15) is 11.6 Å². The fourth-order valence-electron chi connectivity index (χ4n) is 4.26. The van der Waals surface area contributed by atoms with E-state index < -0.39 is 27.6 Å². The highest BCUT2D eigenvalue weighted by Gasteiger charge is 2.32. The Kier molecular flexibility index (Phi) is 8.60. The summed E-state index contributed by atoms with van der Waals surface area (Å²) in [7, 11) is -3.99. The van der Waals surface area contributed by atoms with E-state index in [0.717, 1.165) is 11.0 Å². The first-order valence-electron chi connectivity index (χ1n) is 13.4. The highest BCUT2D eigenvalue weighted by Crippen LogP contribution is 2.23. The van der Waals surface area contributed by atoms with Crippen LogP contribution in [-0.2, 0) is 26.1 Å². The van der Waals surface area contributed by atoms with Gasteiger partial charge >= 0.3 is 5.97 Å². The van der Waals surface area contributed by atoms with E-state index in [2.05, 4.69) is 20.0 Å². The first-order valence-corrected chi connectivity index (χ1v) is 14.9. The van der Waals surface area contributed by atoms with Crippen molar-refractivity contribution in [2.75, 3.05) is 5.32 Å². The second kappa shape index (κ2) is 11.8. The zero-order valence-corrected chi connectivity index (χ0v) is 24.8. The molecule has 0 saturated carbocycles. The quantitative estimate of drug-likeness (QED) is 0.267. The van der Waals surface area contributed by atoms with E-state index in [-0.39, 0.29) is 16.7 Å². The highest BCUT2D eigenvalue weighted by molar-refractivity contribution is 7.89. The molecule has 0 radical (unpaired) electrons. The summed E-state index contributed by atoms with van der Waals surface area (Å²) < 4.78 is 35.8. The number of pyridine rings is 1. The largest absolute Gasteiger partial charge is 0.459 e.